The van der Waals surface area contributed by atoms with Crippen molar-refractivity contribution in [2.75, 3.05) is 32.6 Å². The predicted molar refractivity (Wildman–Crippen MR) is 83.4 cm³/mol. The van der Waals surface area contributed by atoms with Crippen LogP contribution in [-0.4, -0.2) is 33.2 Å². The van der Waals surface area contributed by atoms with Crippen LogP contribution in [0, 0.1) is 5.92 Å². The van der Waals surface area contributed by atoms with Crippen LogP contribution < -0.4 is 20.1 Å². The SMILES string of the molecule is COc1cc(Cl)c(NC(=O)CC2CCCNC2)cc1OC. The van der Waals surface area contributed by atoms with Gasteiger partial charge < -0.3 is 20.1 Å². The quantitative estimate of drug-likeness (QED) is 0.877. The number of piperidine rings is 1. The maximum Gasteiger partial charge on any atom is 0.224 e. The predicted octanol–water partition coefficient (Wildman–Crippen LogP) is 2.69. The monoisotopic (exact) mass is 312 g/mol. The Labute approximate surface area is 130 Å². The molecule has 0 spiro atoms. The Morgan fingerprint density at radius 2 is 2.10 bits per heavy atom. The van der Waals surface area contributed by atoms with Crippen molar-refractivity contribution >= 4 is 23.2 Å². The molecule has 2 N–H and O–H groups in total. The van der Waals surface area contributed by atoms with Gasteiger partial charge in [0.25, 0.3) is 0 Å². The third-order valence-corrected chi connectivity index (χ3v) is 3.93. The van der Waals surface area contributed by atoms with Crippen molar-refractivity contribution in [2.24, 2.45) is 5.92 Å². The number of carbonyl (C=O) groups is 1. The lowest BCUT2D eigenvalue weighted by Gasteiger charge is -2.22. The van der Waals surface area contributed by atoms with Crippen LogP contribution >= 0.6 is 11.6 Å². The molecule has 21 heavy (non-hydrogen) atoms. The lowest BCUT2D eigenvalue weighted by molar-refractivity contribution is -0.117. The van der Waals surface area contributed by atoms with E-state index in [-0.39, 0.29) is 5.91 Å². The summed E-state index contributed by atoms with van der Waals surface area (Å²) < 4.78 is 10.4. The molecule has 1 unspecified atom stereocenters. The fourth-order valence-corrected chi connectivity index (χ4v) is 2.71. The summed E-state index contributed by atoms with van der Waals surface area (Å²) >= 11 is 6.16. The fraction of sp³-hybridized carbons (Fsp3) is 0.533. The minimum atomic E-state index is -0.0298. The highest BCUT2D eigenvalue weighted by Gasteiger charge is 2.18. The molecule has 0 radical (unpaired) electrons. The first-order valence-corrected chi connectivity index (χ1v) is 7.44. The summed E-state index contributed by atoms with van der Waals surface area (Å²) in [5, 5.41) is 6.59. The minimum absolute atomic E-state index is 0.0298. The van der Waals surface area contributed by atoms with Gasteiger partial charge in [-0.15, -0.1) is 0 Å². The van der Waals surface area contributed by atoms with Crippen molar-refractivity contribution in [3.63, 3.8) is 0 Å². The summed E-state index contributed by atoms with van der Waals surface area (Å²) in [6.07, 6.45) is 2.70. The van der Waals surface area contributed by atoms with E-state index in [9.17, 15) is 4.79 Å². The Morgan fingerprint density at radius 1 is 1.38 bits per heavy atom. The zero-order valence-corrected chi connectivity index (χ0v) is 13.1. The van der Waals surface area contributed by atoms with Gasteiger partial charge >= 0.3 is 0 Å². The highest BCUT2D eigenvalue weighted by molar-refractivity contribution is 6.34. The van der Waals surface area contributed by atoms with E-state index in [0.717, 1.165) is 25.9 Å². The van der Waals surface area contributed by atoms with Gasteiger partial charge in [0.1, 0.15) is 0 Å². The molecule has 6 heteroatoms. The van der Waals surface area contributed by atoms with E-state index in [0.29, 0.717) is 34.5 Å². The molecule has 1 fully saturated rings. The van der Waals surface area contributed by atoms with Gasteiger partial charge in [0.05, 0.1) is 24.9 Å². The van der Waals surface area contributed by atoms with Crippen molar-refractivity contribution in [1.29, 1.82) is 0 Å². The number of hydrogen-bond donors (Lipinski definition) is 2. The number of anilines is 1. The molecule has 1 aromatic carbocycles. The summed E-state index contributed by atoms with van der Waals surface area (Å²) in [4.78, 5) is 12.1. The largest absolute Gasteiger partial charge is 0.493 e. The molecule has 0 aromatic heterocycles. The second kappa shape index (κ2) is 7.52. The van der Waals surface area contributed by atoms with Gasteiger partial charge in [-0.2, -0.15) is 0 Å². The summed E-state index contributed by atoms with van der Waals surface area (Å²) in [6.45, 7) is 1.94. The summed E-state index contributed by atoms with van der Waals surface area (Å²) in [5.74, 6) is 1.43. The normalized spacial score (nSPS) is 18.1. The van der Waals surface area contributed by atoms with Crippen molar-refractivity contribution in [3.8, 4) is 11.5 Å². The lowest BCUT2D eigenvalue weighted by atomic mass is 9.96. The molecule has 1 heterocycles. The number of benzene rings is 1. The topological polar surface area (TPSA) is 59.6 Å². The third-order valence-electron chi connectivity index (χ3n) is 3.62. The number of hydrogen-bond acceptors (Lipinski definition) is 4. The molecule has 0 bridgehead atoms. The molecule has 116 valence electrons. The van der Waals surface area contributed by atoms with Gasteiger partial charge in [-0.05, 0) is 31.8 Å². The first-order valence-electron chi connectivity index (χ1n) is 7.06. The van der Waals surface area contributed by atoms with E-state index in [1.807, 2.05) is 0 Å². The number of methoxy groups -OCH3 is 2. The summed E-state index contributed by atoms with van der Waals surface area (Å²) in [5.41, 5.74) is 0.545. The van der Waals surface area contributed by atoms with Crippen molar-refractivity contribution in [2.45, 2.75) is 19.3 Å². The molecule has 0 saturated carbocycles. The number of amides is 1. The highest BCUT2D eigenvalue weighted by atomic mass is 35.5. The van der Waals surface area contributed by atoms with Crippen molar-refractivity contribution in [1.82, 2.24) is 5.32 Å². The van der Waals surface area contributed by atoms with Crippen molar-refractivity contribution in [3.05, 3.63) is 17.2 Å². The van der Waals surface area contributed by atoms with E-state index in [2.05, 4.69) is 10.6 Å². The Balaban J connectivity index is 2.02. The first kappa shape index (κ1) is 15.9. The fourth-order valence-electron chi connectivity index (χ4n) is 2.51. The van der Waals surface area contributed by atoms with Gasteiger partial charge in [0.2, 0.25) is 5.91 Å². The van der Waals surface area contributed by atoms with Crippen LogP contribution in [-0.2, 0) is 4.79 Å². The van der Waals surface area contributed by atoms with Gasteiger partial charge in [-0.25, -0.2) is 0 Å². The standard InChI is InChI=1S/C15H21ClN2O3/c1-20-13-7-11(16)12(8-14(13)21-2)18-15(19)6-10-4-3-5-17-9-10/h7-8,10,17H,3-6,9H2,1-2H3,(H,18,19). The highest BCUT2D eigenvalue weighted by Crippen LogP contribution is 2.36. The Bertz CT molecular complexity index is 502. The molecule has 2 rings (SSSR count). The van der Waals surface area contributed by atoms with E-state index in [4.69, 9.17) is 21.1 Å². The molecule has 1 amide bonds. The van der Waals surface area contributed by atoms with Crippen LogP contribution in [0.3, 0.4) is 0 Å². The molecule has 0 aliphatic carbocycles. The first-order chi connectivity index (χ1) is 10.1. The summed E-state index contributed by atoms with van der Waals surface area (Å²) in [7, 11) is 3.09. The number of halogens is 1. The second-order valence-corrected chi connectivity index (χ2v) is 5.56. The number of carbonyl (C=O) groups excluding carboxylic acids is 1. The molecule has 1 saturated heterocycles. The van der Waals surface area contributed by atoms with E-state index >= 15 is 0 Å². The van der Waals surface area contributed by atoms with E-state index in [1.165, 1.54) is 0 Å². The molecule has 1 atom stereocenters. The molecular formula is C15H21ClN2O3. The van der Waals surface area contributed by atoms with E-state index < -0.39 is 0 Å². The van der Waals surface area contributed by atoms with Crippen LogP contribution in [0.5, 0.6) is 11.5 Å². The molecule has 1 aliphatic rings. The zero-order chi connectivity index (χ0) is 15.2. The van der Waals surface area contributed by atoms with Crippen LogP contribution in [0.1, 0.15) is 19.3 Å². The zero-order valence-electron chi connectivity index (χ0n) is 12.4. The maximum absolute atomic E-state index is 12.1. The average Bonchev–Trinajstić information content (AvgIpc) is 2.49. The maximum atomic E-state index is 12.1. The van der Waals surface area contributed by atoms with Crippen LogP contribution in [0.4, 0.5) is 5.69 Å². The molecular weight excluding hydrogens is 292 g/mol. The minimum Gasteiger partial charge on any atom is -0.493 e. The third kappa shape index (κ3) is 4.25. The number of ether oxygens (including phenoxy) is 2. The Hall–Kier alpha value is -1.46. The van der Waals surface area contributed by atoms with Gasteiger partial charge in [-0.1, -0.05) is 11.6 Å². The molecule has 1 aliphatic heterocycles. The Kier molecular flexibility index (Phi) is 5.70. The smallest absolute Gasteiger partial charge is 0.224 e. The van der Waals surface area contributed by atoms with E-state index in [1.54, 1.807) is 26.4 Å². The van der Waals surface area contributed by atoms with Crippen molar-refractivity contribution < 1.29 is 14.3 Å². The summed E-state index contributed by atoms with van der Waals surface area (Å²) in [6, 6.07) is 3.32. The van der Waals surface area contributed by atoms with Crippen LogP contribution in [0.25, 0.3) is 0 Å². The van der Waals surface area contributed by atoms with Crippen LogP contribution in [0.2, 0.25) is 5.02 Å². The Morgan fingerprint density at radius 3 is 2.71 bits per heavy atom. The number of nitrogens with one attached hydrogen (secondary N) is 2. The second-order valence-electron chi connectivity index (χ2n) is 5.15. The van der Waals surface area contributed by atoms with Gasteiger partial charge in [-0.3, -0.25) is 4.79 Å². The molecule has 5 nitrogen and oxygen atoms in total. The van der Waals surface area contributed by atoms with Crippen LogP contribution in [0.15, 0.2) is 12.1 Å². The van der Waals surface area contributed by atoms with Gasteiger partial charge in [0.15, 0.2) is 11.5 Å². The van der Waals surface area contributed by atoms with Gasteiger partial charge in [0, 0.05) is 18.6 Å². The average molecular weight is 313 g/mol. The number of rotatable bonds is 5. The lowest BCUT2D eigenvalue weighted by Crippen LogP contribution is -2.32. The molecule has 1 aromatic rings.